The van der Waals surface area contributed by atoms with Gasteiger partial charge in [0.05, 0.1) is 14.2 Å². The molecule has 0 aromatic heterocycles. The Morgan fingerprint density at radius 1 is 0.833 bits per heavy atom. The molecule has 0 radical (unpaired) electrons. The number of carbonyl (C=O) groups excluding carboxylic acids is 1. The quantitative estimate of drug-likeness (QED) is 0.553. The van der Waals surface area contributed by atoms with Crippen LogP contribution in [0.5, 0.6) is 17.2 Å². The van der Waals surface area contributed by atoms with Crippen molar-refractivity contribution in [2.24, 2.45) is 0 Å². The Bertz CT molecular complexity index is 956. The Kier molecular flexibility index (Phi) is 7.72. The molecule has 3 aromatic rings. The van der Waals surface area contributed by atoms with Gasteiger partial charge in [0.2, 0.25) is 0 Å². The number of carbonyl (C=O) groups is 1. The van der Waals surface area contributed by atoms with Gasteiger partial charge >= 0.3 is 0 Å². The van der Waals surface area contributed by atoms with Gasteiger partial charge in [-0.15, -0.1) is 0 Å². The van der Waals surface area contributed by atoms with Gasteiger partial charge in [0, 0.05) is 13.0 Å². The maximum atomic E-state index is 12.3. The van der Waals surface area contributed by atoms with E-state index in [0.29, 0.717) is 13.0 Å². The van der Waals surface area contributed by atoms with Crippen LogP contribution in [0.1, 0.15) is 16.7 Å². The Labute approximate surface area is 177 Å². The van der Waals surface area contributed by atoms with Crippen molar-refractivity contribution in [1.82, 2.24) is 5.32 Å². The summed E-state index contributed by atoms with van der Waals surface area (Å²) in [5, 5.41) is 2.90. The van der Waals surface area contributed by atoms with E-state index < -0.39 is 0 Å². The van der Waals surface area contributed by atoms with E-state index in [9.17, 15) is 4.79 Å². The van der Waals surface area contributed by atoms with Gasteiger partial charge in [0.25, 0.3) is 5.91 Å². The third-order valence-electron chi connectivity index (χ3n) is 4.77. The molecule has 0 bridgehead atoms. The molecular weight excluding hydrogens is 378 g/mol. The predicted molar refractivity (Wildman–Crippen MR) is 117 cm³/mol. The van der Waals surface area contributed by atoms with E-state index in [2.05, 4.69) is 17.4 Å². The molecular formula is C25H27NO4. The molecule has 0 saturated carbocycles. The summed E-state index contributed by atoms with van der Waals surface area (Å²) in [7, 11) is 3.25. The van der Waals surface area contributed by atoms with E-state index in [4.69, 9.17) is 14.2 Å². The van der Waals surface area contributed by atoms with Crippen molar-refractivity contribution in [3.05, 3.63) is 89.5 Å². The lowest BCUT2D eigenvalue weighted by Crippen LogP contribution is -2.30. The largest absolute Gasteiger partial charge is 0.497 e. The van der Waals surface area contributed by atoms with Gasteiger partial charge in [-0.2, -0.15) is 0 Å². The molecule has 0 aliphatic heterocycles. The monoisotopic (exact) mass is 405 g/mol. The smallest absolute Gasteiger partial charge is 0.257 e. The average Bonchev–Trinajstić information content (AvgIpc) is 2.79. The van der Waals surface area contributed by atoms with Crippen molar-refractivity contribution in [3.63, 3.8) is 0 Å². The Hall–Kier alpha value is -3.47. The number of rotatable bonds is 10. The molecule has 0 saturated heterocycles. The highest BCUT2D eigenvalue weighted by molar-refractivity contribution is 5.77. The molecule has 1 amide bonds. The minimum absolute atomic E-state index is 0.0267. The number of ether oxygens (including phenoxy) is 3. The summed E-state index contributed by atoms with van der Waals surface area (Å²) in [5.74, 6) is 2.10. The summed E-state index contributed by atoms with van der Waals surface area (Å²) < 4.78 is 16.4. The van der Waals surface area contributed by atoms with E-state index in [1.165, 1.54) is 5.56 Å². The van der Waals surface area contributed by atoms with E-state index >= 15 is 0 Å². The number of hydrogen-bond acceptors (Lipinski definition) is 4. The topological polar surface area (TPSA) is 56.8 Å². The zero-order valence-corrected chi connectivity index (χ0v) is 17.4. The standard InChI is InChI=1S/C25H27NO4/c1-28-22-12-13-23(29-2)21(17-22)14-15-26-25(27)18-30-24-11-7-6-10-20(24)16-19-8-4-3-5-9-19/h3-13,17H,14-16,18H2,1-2H3,(H,26,27). The van der Waals surface area contributed by atoms with Crippen LogP contribution in [-0.2, 0) is 17.6 Å². The van der Waals surface area contributed by atoms with Crippen LogP contribution in [-0.4, -0.2) is 33.3 Å². The molecule has 0 heterocycles. The van der Waals surface area contributed by atoms with Crippen LogP contribution in [0.3, 0.4) is 0 Å². The van der Waals surface area contributed by atoms with Crippen LogP contribution >= 0.6 is 0 Å². The second kappa shape index (κ2) is 10.9. The third-order valence-corrected chi connectivity index (χ3v) is 4.77. The lowest BCUT2D eigenvalue weighted by atomic mass is 10.0. The lowest BCUT2D eigenvalue weighted by Gasteiger charge is -2.13. The van der Waals surface area contributed by atoms with E-state index in [-0.39, 0.29) is 12.5 Å². The minimum Gasteiger partial charge on any atom is -0.497 e. The molecule has 5 nitrogen and oxygen atoms in total. The van der Waals surface area contributed by atoms with Crippen LogP contribution in [0.4, 0.5) is 0 Å². The van der Waals surface area contributed by atoms with Gasteiger partial charge in [-0.3, -0.25) is 4.79 Å². The van der Waals surface area contributed by atoms with Crippen molar-refractivity contribution >= 4 is 5.91 Å². The molecule has 5 heteroatoms. The molecule has 3 rings (SSSR count). The first kappa shape index (κ1) is 21.2. The van der Waals surface area contributed by atoms with Gasteiger partial charge in [0.1, 0.15) is 17.2 Å². The molecule has 0 aliphatic rings. The third kappa shape index (κ3) is 6.01. The Morgan fingerprint density at radius 3 is 2.37 bits per heavy atom. The lowest BCUT2D eigenvalue weighted by molar-refractivity contribution is -0.123. The number of benzene rings is 3. The van der Waals surface area contributed by atoms with Crippen molar-refractivity contribution < 1.29 is 19.0 Å². The molecule has 1 N–H and O–H groups in total. The van der Waals surface area contributed by atoms with Crippen molar-refractivity contribution in [1.29, 1.82) is 0 Å². The SMILES string of the molecule is COc1ccc(OC)c(CCNC(=O)COc2ccccc2Cc2ccccc2)c1. The number of para-hydroxylation sites is 1. The number of nitrogens with one attached hydrogen (secondary N) is 1. The van der Waals surface area contributed by atoms with Crippen molar-refractivity contribution in [2.75, 3.05) is 27.4 Å². The summed E-state index contributed by atoms with van der Waals surface area (Å²) in [6, 6.07) is 23.6. The zero-order valence-electron chi connectivity index (χ0n) is 17.4. The summed E-state index contributed by atoms with van der Waals surface area (Å²) in [5.41, 5.74) is 3.23. The zero-order chi connectivity index (χ0) is 21.2. The fraction of sp³-hybridized carbons (Fsp3) is 0.240. The highest BCUT2D eigenvalue weighted by Gasteiger charge is 2.09. The fourth-order valence-corrected chi connectivity index (χ4v) is 3.21. The maximum absolute atomic E-state index is 12.3. The van der Waals surface area contributed by atoms with E-state index in [0.717, 1.165) is 34.8 Å². The fourth-order valence-electron chi connectivity index (χ4n) is 3.21. The minimum atomic E-state index is -0.161. The first-order valence-electron chi connectivity index (χ1n) is 9.92. The molecule has 0 atom stereocenters. The first-order valence-corrected chi connectivity index (χ1v) is 9.92. The maximum Gasteiger partial charge on any atom is 0.257 e. The Morgan fingerprint density at radius 2 is 1.60 bits per heavy atom. The molecule has 0 spiro atoms. The highest BCUT2D eigenvalue weighted by Crippen LogP contribution is 2.24. The molecule has 30 heavy (non-hydrogen) atoms. The van der Waals surface area contributed by atoms with Gasteiger partial charge in [-0.1, -0.05) is 48.5 Å². The van der Waals surface area contributed by atoms with Crippen molar-refractivity contribution in [2.45, 2.75) is 12.8 Å². The van der Waals surface area contributed by atoms with Crippen molar-refractivity contribution in [3.8, 4) is 17.2 Å². The van der Waals surface area contributed by atoms with Crippen LogP contribution in [0.25, 0.3) is 0 Å². The highest BCUT2D eigenvalue weighted by atomic mass is 16.5. The summed E-state index contributed by atoms with van der Waals surface area (Å²) >= 11 is 0. The van der Waals surface area contributed by atoms with Gasteiger partial charge < -0.3 is 19.5 Å². The predicted octanol–water partition coefficient (Wildman–Crippen LogP) is 4.03. The van der Waals surface area contributed by atoms with Crippen LogP contribution < -0.4 is 19.5 Å². The van der Waals surface area contributed by atoms with Crippen LogP contribution in [0.15, 0.2) is 72.8 Å². The molecule has 0 fully saturated rings. The normalized spacial score (nSPS) is 10.3. The van der Waals surface area contributed by atoms with Crippen LogP contribution in [0.2, 0.25) is 0 Å². The summed E-state index contributed by atoms with van der Waals surface area (Å²) in [6.45, 7) is 0.457. The second-order valence-corrected chi connectivity index (χ2v) is 6.84. The Balaban J connectivity index is 1.51. The number of amides is 1. The van der Waals surface area contributed by atoms with Crippen LogP contribution in [0, 0.1) is 0 Å². The van der Waals surface area contributed by atoms with E-state index in [1.807, 2.05) is 60.7 Å². The summed E-state index contributed by atoms with van der Waals surface area (Å²) in [6.07, 6.45) is 1.39. The summed E-state index contributed by atoms with van der Waals surface area (Å²) in [4.78, 5) is 12.3. The molecule has 0 aliphatic carbocycles. The average molecular weight is 405 g/mol. The van der Waals surface area contributed by atoms with Gasteiger partial charge in [0.15, 0.2) is 6.61 Å². The van der Waals surface area contributed by atoms with Gasteiger partial charge in [-0.25, -0.2) is 0 Å². The van der Waals surface area contributed by atoms with E-state index in [1.54, 1.807) is 14.2 Å². The first-order chi connectivity index (χ1) is 14.7. The molecule has 0 unspecified atom stereocenters. The number of methoxy groups -OCH3 is 2. The number of hydrogen-bond donors (Lipinski definition) is 1. The molecule has 3 aromatic carbocycles. The second-order valence-electron chi connectivity index (χ2n) is 6.84. The van der Waals surface area contributed by atoms with Gasteiger partial charge in [-0.05, 0) is 47.4 Å². The molecule has 156 valence electrons.